The number of amides is 3. The Bertz CT molecular complexity index is 1350. The molecule has 36 heavy (non-hydrogen) atoms. The minimum absolute atomic E-state index is 0.184. The molecule has 1 aromatic heterocycles. The number of hydrogen-bond donors (Lipinski definition) is 1. The Morgan fingerprint density at radius 1 is 0.889 bits per heavy atom. The van der Waals surface area contributed by atoms with Crippen LogP contribution in [0, 0.1) is 0 Å². The van der Waals surface area contributed by atoms with Crippen LogP contribution < -0.4 is 5.32 Å². The van der Waals surface area contributed by atoms with Gasteiger partial charge < -0.3 is 5.32 Å². The summed E-state index contributed by atoms with van der Waals surface area (Å²) >= 11 is 1.78. The number of nitrogens with zero attached hydrogens (tertiary/aromatic N) is 3. The molecule has 0 bridgehead atoms. The van der Waals surface area contributed by atoms with Crippen LogP contribution in [-0.2, 0) is 16.8 Å². The van der Waals surface area contributed by atoms with Gasteiger partial charge in [0.05, 0.1) is 21.9 Å². The first-order chi connectivity index (χ1) is 17.6. The molecule has 2 fully saturated rings. The summed E-state index contributed by atoms with van der Waals surface area (Å²) in [6.07, 6.45) is 2.35. The van der Waals surface area contributed by atoms with Crippen molar-refractivity contribution in [2.75, 3.05) is 19.8 Å². The number of piperidine rings is 1. The average Bonchev–Trinajstić information content (AvgIpc) is 3.46. The standard InChI is InChI=1S/C29H28N4O2S/c34-27-29(23-11-5-2-6-12-23,19-21-9-3-1-4-10-21)31-28(35)33(27)20-32-17-15-22(16-18-32)26-30-24-13-7-8-14-25(24)36-26/h1-14,22H,15-20H2,(H,31,35)/t29-/m0/s1. The highest BCUT2D eigenvalue weighted by atomic mass is 32.1. The maximum atomic E-state index is 13.9. The SMILES string of the molecule is O=C1N[C@@](Cc2ccccc2)(c2ccccc2)C(=O)N1CN1CCC(c2nc3ccccc3s2)CC1. The maximum Gasteiger partial charge on any atom is 0.326 e. The van der Waals surface area contributed by atoms with Gasteiger partial charge in [0.1, 0.15) is 0 Å². The van der Waals surface area contributed by atoms with E-state index in [-0.39, 0.29) is 11.9 Å². The van der Waals surface area contributed by atoms with Crippen LogP contribution in [0.2, 0.25) is 0 Å². The Hall–Kier alpha value is -3.55. The number of nitrogens with one attached hydrogen (secondary N) is 1. The number of likely N-dealkylation sites (tertiary alicyclic amines) is 1. The summed E-state index contributed by atoms with van der Waals surface area (Å²) in [6.45, 7) is 1.96. The van der Waals surface area contributed by atoms with Crippen molar-refractivity contribution in [2.45, 2.75) is 30.7 Å². The second kappa shape index (κ2) is 9.48. The Morgan fingerprint density at radius 3 is 2.28 bits per heavy atom. The van der Waals surface area contributed by atoms with E-state index in [9.17, 15) is 9.59 Å². The molecule has 0 aliphatic carbocycles. The van der Waals surface area contributed by atoms with E-state index in [1.165, 1.54) is 14.6 Å². The Balaban J connectivity index is 1.18. The molecule has 1 atom stereocenters. The van der Waals surface area contributed by atoms with Gasteiger partial charge in [-0.3, -0.25) is 9.69 Å². The Labute approximate surface area is 214 Å². The fourth-order valence-corrected chi connectivity index (χ4v) is 6.52. The van der Waals surface area contributed by atoms with Crippen molar-refractivity contribution in [3.63, 3.8) is 0 Å². The zero-order valence-corrected chi connectivity index (χ0v) is 20.8. The lowest BCUT2D eigenvalue weighted by molar-refractivity contribution is -0.133. The summed E-state index contributed by atoms with van der Waals surface area (Å²) in [5.74, 6) is 0.235. The molecule has 2 aliphatic heterocycles. The highest BCUT2D eigenvalue weighted by Gasteiger charge is 2.52. The van der Waals surface area contributed by atoms with Crippen molar-refractivity contribution in [2.24, 2.45) is 0 Å². The predicted molar refractivity (Wildman–Crippen MR) is 142 cm³/mol. The van der Waals surface area contributed by atoms with Crippen LogP contribution in [0.4, 0.5) is 4.79 Å². The predicted octanol–water partition coefficient (Wildman–Crippen LogP) is 5.12. The van der Waals surface area contributed by atoms with E-state index in [2.05, 4.69) is 28.4 Å². The third kappa shape index (κ3) is 4.18. The number of hydrogen-bond acceptors (Lipinski definition) is 5. The molecular weight excluding hydrogens is 468 g/mol. The van der Waals surface area contributed by atoms with Crippen LogP contribution in [0.3, 0.4) is 0 Å². The monoisotopic (exact) mass is 496 g/mol. The van der Waals surface area contributed by atoms with Crippen molar-refractivity contribution in [3.05, 3.63) is 101 Å². The van der Waals surface area contributed by atoms with Crippen molar-refractivity contribution >= 4 is 33.5 Å². The van der Waals surface area contributed by atoms with E-state index in [0.717, 1.165) is 42.6 Å². The minimum Gasteiger partial charge on any atom is -0.319 e. The first-order valence-corrected chi connectivity index (χ1v) is 13.3. The molecule has 2 saturated heterocycles. The second-order valence-corrected chi connectivity index (χ2v) is 10.7. The lowest BCUT2D eigenvalue weighted by atomic mass is 9.83. The number of aromatic nitrogens is 1. The number of carbonyl (C=O) groups is 2. The second-order valence-electron chi connectivity index (χ2n) is 9.65. The van der Waals surface area contributed by atoms with Crippen molar-refractivity contribution < 1.29 is 9.59 Å². The van der Waals surface area contributed by atoms with Crippen LogP contribution in [0.5, 0.6) is 0 Å². The van der Waals surface area contributed by atoms with Gasteiger partial charge in [-0.15, -0.1) is 11.3 Å². The molecule has 3 amide bonds. The van der Waals surface area contributed by atoms with Gasteiger partial charge in [-0.2, -0.15) is 0 Å². The van der Waals surface area contributed by atoms with Crippen molar-refractivity contribution in [3.8, 4) is 0 Å². The number of fused-ring (bicyclic) bond motifs is 1. The van der Waals surface area contributed by atoms with Crippen LogP contribution in [-0.4, -0.2) is 46.5 Å². The summed E-state index contributed by atoms with van der Waals surface area (Å²) in [4.78, 5) is 35.6. The maximum absolute atomic E-state index is 13.9. The number of carbonyl (C=O) groups excluding carboxylic acids is 2. The quantitative estimate of drug-likeness (QED) is 0.376. The number of para-hydroxylation sites is 1. The van der Waals surface area contributed by atoms with Crippen LogP contribution in [0.25, 0.3) is 10.2 Å². The average molecular weight is 497 g/mol. The van der Waals surface area contributed by atoms with Crippen LogP contribution >= 0.6 is 11.3 Å². The Morgan fingerprint density at radius 2 is 1.56 bits per heavy atom. The highest BCUT2D eigenvalue weighted by Crippen LogP contribution is 2.36. The molecule has 6 nitrogen and oxygen atoms in total. The van der Waals surface area contributed by atoms with E-state index in [1.807, 2.05) is 66.7 Å². The molecule has 0 saturated carbocycles. The lowest BCUT2D eigenvalue weighted by Gasteiger charge is -2.33. The van der Waals surface area contributed by atoms with Crippen LogP contribution in [0.1, 0.15) is 34.9 Å². The number of urea groups is 1. The van der Waals surface area contributed by atoms with Gasteiger partial charge in [-0.05, 0) is 36.1 Å². The van der Waals surface area contributed by atoms with E-state index < -0.39 is 5.54 Å². The van der Waals surface area contributed by atoms with E-state index in [4.69, 9.17) is 4.98 Å². The first-order valence-electron chi connectivity index (χ1n) is 12.4. The number of thiazole rings is 1. The molecule has 3 aromatic carbocycles. The van der Waals surface area contributed by atoms with Gasteiger partial charge in [0.2, 0.25) is 0 Å². The fraction of sp³-hybridized carbons (Fsp3) is 0.276. The van der Waals surface area contributed by atoms with Crippen LogP contribution in [0.15, 0.2) is 84.9 Å². The number of benzene rings is 3. The van der Waals surface area contributed by atoms with Gasteiger partial charge in [0, 0.05) is 25.4 Å². The largest absolute Gasteiger partial charge is 0.326 e. The normalized spacial score (nSPS) is 21.3. The molecule has 2 aliphatic rings. The van der Waals surface area contributed by atoms with Gasteiger partial charge in [0.15, 0.2) is 5.54 Å². The van der Waals surface area contributed by atoms with E-state index in [1.54, 1.807) is 11.3 Å². The molecule has 7 heteroatoms. The van der Waals surface area contributed by atoms with E-state index in [0.29, 0.717) is 19.0 Å². The molecule has 6 rings (SSSR count). The molecule has 0 unspecified atom stereocenters. The molecule has 182 valence electrons. The minimum atomic E-state index is -1.10. The highest BCUT2D eigenvalue weighted by molar-refractivity contribution is 7.18. The molecular formula is C29H28N4O2S. The summed E-state index contributed by atoms with van der Waals surface area (Å²) in [5.41, 5.74) is 1.78. The van der Waals surface area contributed by atoms with E-state index >= 15 is 0 Å². The summed E-state index contributed by atoms with van der Waals surface area (Å²) < 4.78 is 1.23. The van der Waals surface area contributed by atoms with Crippen molar-refractivity contribution in [1.29, 1.82) is 0 Å². The summed E-state index contributed by atoms with van der Waals surface area (Å²) in [6, 6.07) is 27.4. The number of imide groups is 1. The van der Waals surface area contributed by atoms with Gasteiger partial charge in [-0.25, -0.2) is 14.7 Å². The molecule has 0 spiro atoms. The summed E-state index contributed by atoms with van der Waals surface area (Å²) in [7, 11) is 0. The Kier molecular flexibility index (Phi) is 6.03. The zero-order valence-electron chi connectivity index (χ0n) is 20.0. The molecule has 3 heterocycles. The first kappa shape index (κ1) is 22.9. The topological polar surface area (TPSA) is 65.5 Å². The summed E-state index contributed by atoms with van der Waals surface area (Å²) in [5, 5.41) is 4.27. The van der Waals surface area contributed by atoms with Gasteiger partial charge in [-0.1, -0.05) is 72.8 Å². The lowest BCUT2D eigenvalue weighted by Crippen LogP contribution is -2.48. The third-order valence-electron chi connectivity index (χ3n) is 7.34. The van der Waals surface area contributed by atoms with Crippen molar-refractivity contribution in [1.82, 2.24) is 20.1 Å². The molecule has 1 N–H and O–H groups in total. The zero-order chi connectivity index (χ0) is 24.5. The number of rotatable bonds is 6. The van der Waals surface area contributed by atoms with Gasteiger partial charge >= 0.3 is 6.03 Å². The third-order valence-corrected chi connectivity index (χ3v) is 8.54. The molecule has 0 radical (unpaired) electrons. The van der Waals surface area contributed by atoms with Gasteiger partial charge in [0.25, 0.3) is 5.91 Å². The fourth-order valence-electron chi connectivity index (χ4n) is 5.38. The molecule has 4 aromatic rings. The smallest absolute Gasteiger partial charge is 0.319 e.